The molecule has 3 rings (SSSR count). The van der Waals surface area contributed by atoms with Gasteiger partial charge in [0.2, 0.25) is 5.91 Å². The summed E-state index contributed by atoms with van der Waals surface area (Å²) in [4.78, 5) is 13.5. The fourth-order valence-corrected chi connectivity index (χ4v) is 3.73. The third kappa shape index (κ3) is 4.46. The van der Waals surface area contributed by atoms with Crippen LogP contribution in [0, 0.1) is 5.82 Å². The lowest BCUT2D eigenvalue weighted by Gasteiger charge is -2.11. The summed E-state index contributed by atoms with van der Waals surface area (Å²) in [6.07, 6.45) is 0.714. The highest BCUT2D eigenvalue weighted by Gasteiger charge is 2.19. The number of amides is 1. The number of thiophene rings is 1. The molecular weight excluding hydrogens is 359 g/mol. The highest BCUT2D eigenvalue weighted by molar-refractivity contribution is 8.00. The van der Waals surface area contributed by atoms with Crippen LogP contribution in [0.15, 0.2) is 46.9 Å². The minimum Gasteiger partial charge on any atom is -0.325 e. The molecule has 0 fully saturated rings. The number of carbonyl (C=O) groups is 1. The molecule has 1 amide bonds. The van der Waals surface area contributed by atoms with E-state index in [1.54, 1.807) is 30.4 Å². The second kappa shape index (κ2) is 7.79. The molecule has 0 spiro atoms. The summed E-state index contributed by atoms with van der Waals surface area (Å²) in [5.41, 5.74) is 0.439. The maximum absolute atomic E-state index is 13.2. The van der Waals surface area contributed by atoms with E-state index in [0.717, 1.165) is 5.82 Å². The zero-order valence-electron chi connectivity index (χ0n) is 13.8. The third-order valence-corrected chi connectivity index (χ3v) is 5.59. The second-order valence-corrected chi connectivity index (χ2v) is 7.81. The first-order valence-electron chi connectivity index (χ1n) is 7.66. The van der Waals surface area contributed by atoms with Gasteiger partial charge in [0.1, 0.15) is 11.6 Å². The van der Waals surface area contributed by atoms with E-state index in [0.29, 0.717) is 17.3 Å². The number of hydrogen-bond acceptors (Lipinski definition) is 5. The second-order valence-electron chi connectivity index (χ2n) is 5.47. The summed E-state index contributed by atoms with van der Waals surface area (Å²) in [5, 5.41) is 13.4. The van der Waals surface area contributed by atoms with Gasteiger partial charge in [-0.1, -0.05) is 23.9 Å². The Hall–Kier alpha value is -2.19. The van der Waals surface area contributed by atoms with Gasteiger partial charge in [0.05, 0.1) is 5.25 Å². The van der Waals surface area contributed by atoms with Gasteiger partial charge >= 0.3 is 0 Å². The van der Waals surface area contributed by atoms with Crippen molar-refractivity contribution in [2.75, 3.05) is 5.32 Å². The number of rotatable bonds is 6. The largest absolute Gasteiger partial charge is 0.325 e. The Kier molecular flexibility index (Phi) is 5.50. The average Bonchev–Trinajstić information content (AvgIpc) is 3.20. The number of nitrogens with one attached hydrogen (secondary N) is 1. The van der Waals surface area contributed by atoms with Gasteiger partial charge in [-0.15, -0.1) is 21.5 Å². The molecule has 3 aromatic rings. The van der Waals surface area contributed by atoms with E-state index in [4.69, 9.17) is 0 Å². The van der Waals surface area contributed by atoms with Gasteiger partial charge in [0.15, 0.2) is 5.16 Å². The molecule has 0 aliphatic heterocycles. The SMILES string of the molecule is C[C@H](Sc1nnc(Cc2cccs2)n1C)C(=O)Nc1cccc(F)c1. The van der Waals surface area contributed by atoms with Crippen molar-refractivity contribution in [1.29, 1.82) is 0 Å². The fraction of sp³-hybridized carbons (Fsp3) is 0.235. The van der Waals surface area contributed by atoms with Gasteiger partial charge in [0, 0.05) is 24.0 Å². The molecule has 0 aliphatic rings. The minimum atomic E-state index is -0.388. The van der Waals surface area contributed by atoms with Gasteiger partial charge in [-0.25, -0.2) is 4.39 Å². The number of benzene rings is 1. The molecule has 0 aliphatic carbocycles. The van der Waals surface area contributed by atoms with E-state index in [1.807, 2.05) is 23.1 Å². The van der Waals surface area contributed by atoms with E-state index < -0.39 is 0 Å². The Balaban J connectivity index is 1.63. The molecule has 1 atom stereocenters. The topological polar surface area (TPSA) is 59.8 Å². The number of nitrogens with zero attached hydrogens (tertiary/aromatic N) is 3. The first-order chi connectivity index (χ1) is 12.0. The highest BCUT2D eigenvalue weighted by atomic mass is 32.2. The molecule has 25 heavy (non-hydrogen) atoms. The van der Waals surface area contributed by atoms with E-state index >= 15 is 0 Å². The minimum absolute atomic E-state index is 0.210. The van der Waals surface area contributed by atoms with Gasteiger partial charge in [-0.2, -0.15) is 0 Å². The van der Waals surface area contributed by atoms with Gasteiger partial charge in [-0.3, -0.25) is 4.79 Å². The van der Waals surface area contributed by atoms with Crippen LogP contribution >= 0.6 is 23.1 Å². The lowest BCUT2D eigenvalue weighted by molar-refractivity contribution is -0.115. The maximum atomic E-state index is 13.2. The van der Waals surface area contributed by atoms with Crippen LogP contribution in [0.5, 0.6) is 0 Å². The lowest BCUT2D eigenvalue weighted by Crippen LogP contribution is -2.22. The van der Waals surface area contributed by atoms with E-state index in [-0.39, 0.29) is 17.0 Å². The Bertz CT molecular complexity index is 863. The molecule has 2 aromatic heterocycles. The van der Waals surface area contributed by atoms with Crippen LogP contribution in [0.1, 0.15) is 17.6 Å². The molecule has 1 aromatic carbocycles. The van der Waals surface area contributed by atoms with Crippen LogP contribution in [-0.4, -0.2) is 25.9 Å². The molecular formula is C17H17FN4OS2. The number of carbonyl (C=O) groups excluding carboxylic acids is 1. The van der Waals surface area contributed by atoms with Crippen LogP contribution in [0.2, 0.25) is 0 Å². The first-order valence-corrected chi connectivity index (χ1v) is 9.42. The summed E-state index contributed by atoms with van der Waals surface area (Å²) >= 11 is 3.00. The van der Waals surface area contributed by atoms with E-state index in [9.17, 15) is 9.18 Å². The van der Waals surface area contributed by atoms with Crippen molar-refractivity contribution in [3.8, 4) is 0 Å². The van der Waals surface area contributed by atoms with Crippen molar-refractivity contribution < 1.29 is 9.18 Å². The van der Waals surface area contributed by atoms with Gasteiger partial charge < -0.3 is 9.88 Å². The van der Waals surface area contributed by atoms with Crippen molar-refractivity contribution in [2.24, 2.45) is 7.05 Å². The molecule has 130 valence electrons. The normalized spacial score (nSPS) is 12.1. The summed E-state index contributed by atoms with van der Waals surface area (Å²) < 4.78 is 15.1. The smallest absolute Gasteiger partial charge is 0.237 e. The summed E-state index contributed by atoms with van der Waals surface area (Å²) in [7, 11) is 1.89. The molecule has 1 N–H and O–H groups in total. The average molecular weight is 376 g/mol. The number of halogens is 1. The zero-order valence-corrected chi connectivity index (χ0v) is 15.4. The fourth-order valence-electron chi connectivity index (χ4n) is 2.19. The molecule has 0 saturated heterocycles. The summed E-state index contributed by atoms with van der Waals surface area (Å²) in [6, 6.07) is 9.90. The number of aromatic nitrogens is 3. The molecule has 0 saturated carbocycles. The van der Waals surface area contributed by atoms with Crippen molar-refractivity contribution in [3.05, 3.63) is 58.3 Å². The number of thioether (sulfide) groups is 1. The Morgan fingerprint density at radius 1 is 1.36 bits per heavy atom. The van der Waals surface area contributed by atoms with Crippen molar-refractivity contribution in [2.45, 2.75) is 23.8 Å². The van der Waals surface area contributed by atoms with Crippen LogP contribution in [0.25, 0.3) is 0 Å². The maximum Gasteiger partial charge on any atom is 0.237 e. The van der Waals surface area contributed by atoms with Crippen molar-refractivity contribution in [1.82, 2.24) is 14.8 Å². The van der Waals surface area contributed by atoms with Crippen LogP contribution in [0.3, 0.4) is 0 Å². The Morgan fingerprint density at radius 2 is 2.20 bits per heavy atom. The Morgan fingerprint density at radius 3 is 2.92 bits per heavy atom. The Labute approximate surface area is 153 Å². The predicted molar refractivity (Wildman–Crippen MR) is 98.5 cm³/mol. The van der Waals surface area contributed by atoms with Crippen molar-refractivity contribution >= 4 is 34.7 Å². The first kappa shape index (κ1) is 17.6. The molecule has 2 heterocycles. The lowest BCUT2D eigenvalue weighted by atomic mass is 10.3. The number of anilines is 1. The molecule has 0 unspecified atom stereocenters. The summed E-state index contributed by atoms with van der Waals surface area (Å²) in [5.74, 6) is 0.255. The monoisotopic (exact) mass is 376 g/mol. The van der Waals surface area contributed by atoms with Crippen molar-refractivity contribution in [3.63, 3.8) is 0 Å². The predicted octanol–water partition coefficient (Wildman–Crippen LogP) is 3.73. The van der Waals surface area contributed by atoms with Crippen LogP contribution < -0.4 is 5.32 Å². The van der Waals surface area contributed by atoms with Crippen LogP contribution in [-0.2, 0) is 18.3 Å². The van der Waals surface area contributed by atoms with Gasteiger partial charge in [-0.05, 0) is 36.6 Å². The number of hydrogen-bond donors (Lipinski definition) is 1. The molecule has 0 radical (unpaired) electrons. The summed E-state index contributed by atoms with van der Waals surface area (Å²) in [6.45, 7) is 1.78. The van der Waals surface area contributed by atoms with Crippen LogP contribution in [0.4, 0.5) is 10.1 Å². The van der Waals surface area contributed by atoms with Gasteiger partial charge in [0.25, 0.3) is 0 Å². The molecule has 5 nitrogen and oxygen atoms in total. The highest BCUT2D eigenvalue weighted by Crippen LogP contribution is 2.24. The molecule has 8 heteroatoms. The molecule has 0 bridgehead atoms. The van der Waals surface area contributed by atoms with E-state index in [1.165, 1.54) is 28.8 Å². The zero-order chi connectivity index (χ0) is 17.8. The standard InChI is InChI=1S/C17H17FN4OS2/c1-11(16(23)19-13-6-3-5-12(18)9-13)25-17-21-20-15(22(17)2)10-14-7-4-8-24-14/h3-9,11H,10H2,1-2H3,(H,19,23)/t11-/m0/s1. The third-order valence-electron chi connectivity index (χ3n) is 3.58. The quantitative estimate of drug-likeness (QED) is 0.666. The van der Waals surface area contributed by atoms with E-state index in [2.05, 4.69) is 21.6 Å².